The number of sulfonamides is 1. The first kappa shape index (κ1) is 13.8. The van der Waals surface area contributed by atoms with Gasteiger partial charge in [-0.15, -0.1) is 11.6 Å². The summed E-state index contributed by atoms with van der Waals surface area (Å²) in [4.78, 5) is 0.307. The Hall–Kier alpha value is -1.14. The Bertz CT molecular complexity index is 733. The van der Waals surface area contributed by atoms with E-state index < -0.39 is 15.5 Å². The third kappa shape index (κ3) is 2.54. The van der Waals surface area contributed by atoms with Crippen LogP contribution >= 0.6 is 11.6 Å². The molecule has 3 rings (SSSR count). The molecule has 0 spiro atoms. The highest BCUT2D eigenvalue weighted by atomic mass is 35.5. The second-order valence-corrected chi connectivity index (χ2v) is 7.15. The lowest BCUT2D eigenvalue weighted by Gasteiger charge is -2.28. The van der Waals surface area contributed by atoms with Gasteiger partial charge in [0.1, 0.15) is 5.50 Å². The Labute approximate surface area is 123 Å². The van der Waals surface area contributed by atoms with E-state index in [1.54, 1.807) is 12.1 Å². The first-order valence-electron chi connectivity index (χ1n) is 6.37. The molecule has 0 N–H and O–H groups in total. The number of halogens is 1. The van der Waals surface area contributed by atoms with Gasteiger partial charge < -0.3 is 0 Å². The highest BCUT2D eigenvalue weighted by molar-refractivity contribution is 7.89. The molecular formula is C14H14ClN2O2S. The predicted octanol–water partition coefficient (Wildman–Crippen LogP) is 2.01. The summed E-state index contributed by atoms with van der Waals surface area (Å²) in [5.41, 5.74) is -0.459. The van der Waals surface area contributed by atoms with Crippen LogP contribution in [0.4, 0.5) is 0 Å². The van der Waals surface area contributed by atoms with E-state index in [2.05, 4.69) is 5.32 Å². The molecule has 1 saturated heterocycles. The summed E-state index contributed by atoms with van der Waals surface area (Å²) < 4.78 is 26.6. The van der Waals surface area contributed by atoms with Crippen molar-refractivity contribution in [3.8, 4) is 0 Å². The van der Waals surface area contributed by atoms with E-state index in [0.29, 0.717) is 18.0 Å². The summed E-state index contributed by atoms with van der Waals surface area (Å²) in [6, 6.07) is 12.9. The maximum absolute atomic E-state index is 12.6. The van der Waals surface area contributed by atoms with Crippen LogP contribution in [-0.4, -0.2) is 37.9 Å². The molecule has 1 fully saturated rings. The third-order valence-corrected chi connectivity index (χ3v) is 5.53. The number of hydrogen-bond donors (Lipinski definition) is 0. The fourth-order valence-corrected chi connectivity index (χ4v) is 4.14. The van der Waals surface area contributed by atoms with Crippen LogP contribution in [0.1, 0.15) is 0 Å². The molecule has 105 valence electrons. The lowest BCUT2D eigenvalue weighted by Crippen LogP contribution is -2.47. The summed E-state index contributed by atoms with van der Waals surface area (Å²) >= 11 is 5.93. The molecule has 1 unspecified atom stereocenters. The van der Waals surface area contributed by atoms with E-state index in [4.69, 9.17) is 11.6 Å². The van der Waals surface area contributed by atoms with Gasteiger partial charge in [0.2, 0.25) is 10.0 Å². The minimum atomic E-state index is -3.50. The summed E-state index contributed by atoms with van der Waals surface area (Å²) in [6.45, 7) is 1.07. The van der Waals surface area contributed by atoms with Crippen molar-refractivity contribution in [3.63, 3.8) is 0 Å². The van der Waals surface area contributed by atoms with Crippen LogP contribution in [0.3, 0.4) is 0 Å². The Morgan fingerprint density at radius 3 is 2.65 bits per heavy atom. The molecule has 1 radical (unpaired) electrons. The topological polar surface area (TPSA) is 51.5 Å². The van der Waals surface area contributed by atoms with E-state index in [-0.39, 0.29) is 6.54 Å². The first-order valence-corrected chi connectivity index (χ1v) is 8.25. The van der Waals surface area contributed by atoms with Crippen molar-refractivity contribution in [2.75, 3.05) is 19.6 Å². The molecule has 20 heavy (non-hydrogen) atoms. The molecule has 1 aliphatic rings. The molecule has 1 atom stereocenters. The highest BCUT2D eigenvalue weighted by Crippen LogP contribution is 2.23. The lowest BCUT2D eigenvalue weighted by atomic mass is 10.1. The minimum Gasteiger partial charge on any atom is -0.220 e. The van der Waals surface area contributed by atoms with Crippen molar-refractivity contribution in [1.82, 2.24) is 9.62 Å². The highest BCUT2D eigenvalue weighted by Gasteiger charge is 2.29. The van der Waals surface area contributed by atoms with Crippen LogP contribution in [-0.2, 0) is 10.0 Å². The number of alkyl halides is 1. The van der Waals surface area contributed by atoms with Gasteiger partial charge in [0.25, 0.3) is 0 Å². The summed E-state index contributed by atoms with van der Waals surface area (Å²) in [5, 5.41) is 6.03. The van der Waals surface area contributed by atoms with Gasteiger partial charge in [-0.25, -0.2) is 13.7 Å². The summed E-state index contributed by atoms with van der Waals surface area (Å²) in [7, 11) is -3.50. The van der Waals surface area contributed by atoms with Gasteiger partial charge in [0.15, 0.2) is 0 Å². The van der Waals surface area contributed by atoms with E-state index in [9.17, 15) is 8.42 Å². The Morgan fingerprint density at radius 2 is 1.90 bits per heavy atom. The predicted molar refractivity (Wildman–Crippen MR) is 79.3 cm³/mol. The maximum Gasteiger partial charge on any atom is 0.243 e. The van der Waals surface area contributed by atoms with Crippen molar-refractivity contribution in [3.05, 3.63) is 42.5 Å². The van der Waals surface area contributed by atoms with Gasteiger partial charge in [-0.3, -0.25) is 0 Å². The summed E-state index contributed by atoms with van der Waals surface area (Å²) in [5.74, 6) is 0. The molecule has 4 nitrogen and oxygen atoms in total. The number of rotatable bonds is 2. The van der Waals surface area contributed by atoms with Crippen LogP contribution in [0, 0.1) is 0 Å². The largest absolute Gasteiger partial charge is 0.243 e. The van der Waals surface area contributed by atoms with Crippen molar-refractivity contribution in [2.45, 2.75) is 10.4 Å². The Morgan fingerprint density at radius 1 is 1.15 bits per heavy atom. The van der Waals surface area contributed by atoms with Crippen molar-refractivity contribution in [1.29, 1.82) is 0 Å². The van der Waals surface area contributed by atoms with E-state index in [1.807, 2.05) is 30.3 Å². The Kier molecular flexibility index (Phi) is 3.69. The zero-order valence-electron chi connectivity index (χ0n) is 10.7. The Balaban J connectivity index is 2.00. The first-order chi connectivity index (χ1) is 9.57. The van der Waals surface area contributed by atoms with Crippen LogP contribution in [0.25, 0.3) is 10.8 Å². The number of piperazine rings is 1. The number of fused-ring (bicyclic) bond motifs is 1. The van der Waals surface area contributed by atoms with Crippen molar-refractivity contribution < 1.29 is 8.42 Å². The van der Waals surface area contributed by atoms with Crippen LogP contribution in [0.15, 0.2) is 47.4 Å². The molecule has 0 amide bonds. The van der Waals surface area contributed by atoms with Gasteiger partial charge in [-0.05, 0) is 22.9 Å². The SMILES string of the molecule is O=S(=O)(c1ccc2ccccc2c1)N1CC[N]C(Cl)C1. The molecular weight excluding hydrogens is 296 g/mol. The average molecular weight is 310 g/mol. The molecule has 0 saturated carbocycles. The normalized spacial score (nSPS) is 21.1. The molecule has 1 heterocycles. The molecule has 6 heteroatoms. The molecule has 1 aliphatic heterocycles. The quantitative estimate of drug-likeness (QED) is 0.629. The number of nitrogens with zero attached hydrogens (tertiary/aromatic N) is 2. The molecule has 0 bridgehead atoms. The van der Waals surface area contributed by atoms with E-state index >= 15 is 0 Å². The molecule has 0 aromatic heterocycles. The second kappa shape index (κ2) is 5.33. The average Bonchev–Trinajstić information content (AvgIpc) is 2.46. The van der Waals surface area contributed by atoms with E-state index in [1.165, 1.54) is 4.31 Å². The molecule has 2 aromatic carbocycles. The van der Waals surface area contributed by atoms with Crippen molar-refractivity contribution >= 4 is 32.4 Å². The van der Waals surface area contributed by atoms with Gasteiger partial charge in [-0.2, -0.15) is 4.31 Å². The number of benzene rings is 2. The second-order valence-electron chi connectivity index (χ2n) is 4.71. The molecule has 0 aliphatic carbocycles. The van der Waals surface area contributed by atoms with Crippen LogP contribution in [0.5, 0.6) is 0 Å². The van der Waals surface area contributed by atoms with Crippen LogP contribution in [0.2, 0.25) is 0 Å². The standard InChI is InChI=1S/C14H14ClN2O2S/c15-14-10-17(8-7-16-14)20(18,19)13-6-5-11-3-1-2-4-12(11)9-13/h1-6,9,14H,7-8,10H2. The van der Waals surface area contributed by atoms with Gasteiger partial charge in [0, 0.05) is 19.6 Å². The van der Waals surface area contributed by atoms with Gasteiger partial charge in [-0.1, -0.05) is 30.3 Å². The fourth-order valence-electron chi connectivity index (χ4n) is 2.32. The van der Waals surface area contributed by atoms with Crippen LogP contribution < -0.4 is 5.32 Å². The third-order valence-electron chi connectivity index (χ3n) is 3.39. The summed E-state index contributed by atoms with van der Waals surface area (Å²) in [6.07, 6.45) is 0. The monoisotopic (exact) mass is 309 g/mol. The lowest BCUT2D eigenvalue weighted by molar-refractivity contribution is 0.338. The maximum atomic E-state index is 12.6. The van der Waals surface area contributed by atoms with E-state index in [0.717, 1.165) is 10.8 Å². The zero-order valence-corrected chi connectivity index (χ0v) is 12.3. The van der Waals surface area contributed by atoms with Gasteiger partial charge in [0.05, 0.1) is 4.90 Å². The minimum absolute atomic E-state index is 0.233. The van der Waals surface area contributed by atoms with Gasteiger partial charge >= 0.3 is 0 Å². The zero-order chi connectivity index (χ0) is 14.2. The number of hydrogen-bond acceptors (Lipinski definition) is 2. The smallest absolute Gasteiger partial charge is 0.220 e. The fraction of sp³-hybridized carbons (Fsp3) is 0.286. The molecule has 2 aromatic rings. The van der Waals surface area contributed by atoms with Crippen molar-refractivity contribution in [2.24, 2.45) is 0 Å².